The first-order chi connectivity index (χ1) is 11.9. The molecular formula is C19H15Cl2NO3. The molecule has 0 saturated carbocycles. The lowest BCUT2D eigenvalue weighted by atomic mass is 10.1. The number of furan rings is 1. The van der Waals surface area contributed by atoms with Crippen LogP contribution in [-0.4, -0.2) is 11.1 Å². The van der Waals surface area contributed by atoms with Gasteiger partial charge in [-0.05, 0) is 61.0 Å². The second-order valence-electron chi connectivity index (χ2n) is 5.58. The number of carboxylic acids is 1. The first kappa shape index (κ1) is 17.4. The Bertz CT molecular complexity index is 934. The molecule has 2 aromatic carbocycles. The topological polar surface area (TPSA) is 62.5 Å². The summed E-state index contributed by atoms with van der Waals surface area (Å²) in [6.07, 6.45) is 0. The van der Waals surface area contributed by atoms with Crippen LogP contribution in [0.1, 0.15) is 21.7 Å². The molecule has 0 aliphatic rings. The van der Waals surface area contributed by atoms with E-state index in [-0.39, 0.29) is 5.56 Å². The lowest BCUT2D eigenvalue weighted by Crippen LogP contribution is -2.02. The van der Waals surface area contributed by atoms with Gasteiger partial charge in [0.25, 0.3) is 0 Å². The van der Waals surface area contributed by atoms with Gasteiger partial charge in [0.15, 0.2) is 0 Å². The number of anilines is 1. The molecule has 2 N–H and O–H groups in total. The third-order valence-corrected chi connectivity index (χ3v) is 4.33. The zero-order valence-electron chi connectivity index (χ0n) is 13.3. The minimum atomic E-state index is -0.940. The molecule has 6 heteroatoms. The molecular weight excluding hydrogens is 361 g/mol. The predicted molar refractivity (Wildman–Crippen MR) is 99.6 cm³/mol. The van der Waals surface area contributed by atoms with Crippen molar-refractivity contribution in [3.05, 3.63) is 75.5 Å². The zero-order valence-corrected chi connectivity index (χ0v) is 14.9. The van der Waals surface area contributed by atoms with Crippen molar-refractivity contribution in [3.63, 3.8) is 0 Å². The van der Waals surface area contributed by atoms with Crippen LogP contribution < -0.4 is 5.32 Å². The van der Waals surface area contributed by atoms with Crippen molar-refractivity contribution in [2.75, 3.05) is 5.32 Å². The van der Waals surface area contributed by atoms with Crippen LogP contribution in [0.15, 0.2) is 52.9 Å². The summed E-state index contributed by atoms with van der Waals surface area (Å²) >= 11 is 12.1. The van der Waals surface area contributed by atoms with Gasteiger partial charge in [0, 0.05) is 16.3 Å². The van der Waals surface area contributed by atoms with Gasteiger partial charge in [0.1, 0.15) is 11.5 Å². The van der Waals surface area contributed by atoms with Crippen molar-refractivity contribution in [2.45, 2.75) is 13.5 Å². The van der Waals surface area contributed by atoms with Crippen molar-refractivity contribution in [2.24, 2.45) is 0 Å². The Morgan fingerprint density at radius 3 is 2.60 bits per heavy atom. The van der Waals surface area contributed by atoms with Gasteiger partial charge in [-0.15, -0.1) is 0 Å². The minimum absolute atomic E-state index is 0.265. The van der Waals surface area contributed by atoms with E-state index in [2.05, 4.69) is 5.32 Å². The van der Waals surface area contributed by atoms with Crippen LogP contribution in [0, 0.1) is 6.92 Å². The number of aryl methyl sites for hydroxylation is 1. The molecule has 0 fully saturated rings. The molecule has 0 bridgehead atoms. The average Bonchev–Trinajstić information content (AvgIpc) is 3.02. The third kappa shape index (κ3) is 3.98. The SMILES string of the molecule is Cc1cc(C(=O)O)ccc1NCc1ccc(-c2ccc(Cl)cc2Cl)o1. The number of carboxylic acid groups (broad SMARTS) is 1. The van der Waals surface area contributed by atoms with Gasteiger partial charge in [0.2, 0.25) is 0 Å². The van der Waals surface area contributed by atoms with E-state index in [1.165, 1.54) is 0 Å². The molecule has 3 aromatic rings. The van der Waals surface area contributed by atoms with Crippen molar-refractivity contribution in [3.8, 4) is 11.3 Å². The maximum absolute atomic E-state index is 11.0. The fourth-order valence-corrected chi connectivity index (χ4v) is 2.99. The van der Waals surface area contributed by atoms with E-state index in [1.807, 2.05) is 25.1 Å². The van der Waals surface area contributed by atoms with Crippen LogP contribution in [-0.2, 0) is 6.54 Å². The van der Waals surface area contributed by atoms with Gasteiger partial charge < -0.3 is 14.8 Å². The number of nitrogens with one attached hydrogen (secondary N) is 1. The number of carbonyl (C=O) groups is 1. The monoisotopic (exact) mass is 375 g/mol. The number of aromatic carboxylic acids is 1. The molecule has 0 aliphatic heterocycles. The van der Waals surface area contributed by atoms with Crippen LogP contribution in [0.5, 0.6) is 0 Å². The average molecular weight is 376 g/mol. The van der Waals surface area contributed by atoms with Crippen LogP contribution in [0.25, 0.3) is 11.3 Å². The van der Waals surface area contributed by atoms with Crippen LogP contribution in [0.2, 0.25) is 10.0 Å². The summed E-state index contributed by atoms with van der Waals surface area (Å²) in [5.74, 6) is 0.462. The second-order valence-corrected chi connectivity index (χ2v) is 6.42. The highest BCUT2D eigenvalue weighted by Crippen LogP contribution is 2.31. The highest BCUT2D eigenvalue weighted by atomic mass is 35.5. The molecule has 128 valence electrons. The lowest BCUT2D eigenvalue weighted by molar-refractivity contribution is 0.0697. The van der Waals surface area contributed by atoms with Gasteiger partial charge in [-0.2, -0.15) is 0 Å². The summed E-state index contributed by atoms with van der Waals surface area (Å²) in [5.41, 5.74) is 2.75. The maximum atomic E-state index is 11.0. The molecule has 3 rings (SSSR count). The summed E-state index contributed by atoms with van der Waals surface area (Å²) in [4.78, 5) is 11.0. The van der Waals surface area contributed by atoms with Crippen LogP contribution in [0.3, 0.4) is 0 Å². The Morgan fingerprint density at radius 1 is 1.12 bits per heavy atom. The molecule has 0 atom stereocenters. The molecule has 0 saturated heterocycles. The Labute approximate surface area is 155 Å². The molecule has 4 nitrogen and oxygen atoms in total. The van der Waals surface area contributed by atoms with Gasteiger partial charge in [-0.3, -0.25) is 0 Å². The van der Waals surface area contributed by atoms with E-state index in [4.69, 9.17) is 32.7 Å². The fraction of sp³-hybridized carbons (Fsp3) is 0.105. The van der Waals surface area contributed by atoms with Crippen LogP contribution >= 0.6 is 23.2 Å². The van der Waals surface area contributed by atoms with Crippen LogP contribution in [0.4, 0.5) is 5.69 Å². The van der Waals surface area contributed by atoms with Gasteiger partial charge in [0.05, 0.1) is 17.1 Å². The standard InChI is InChI=1S/C19H15Cl2NO3/c1-11-8-12(19(23)24)2-6-17(11)22-10-14-4-7-18(25-14)15-5-3-13(20)9-16(15)21/h2-9,22H,10H2,1H3,(H,23,24). The number of halogens is 2. The zero-order chi connectivity index (χ0) is 18.0. The first-order valence-corrected chi connectivity index (χ1v) is 8.31. The minimum Gasteiger partial charge on any atom is -0.478 e. The summed E-state index contributed by atoms with van der Waals surface area (Å²) in [6, 6.07) is 13.9. The highest BCUT2D eigenvalue weighted by molar-refractivity contribution is 6.36. The van der Waals surface area contributed by atoms with E-state index in [9.17, 15) is 4.79 Å². The van der Waals surface area contributed by atoms with E-state index < -0.39 is 5.97 Å². The lowest BCUT2D eigenvalue weighted by Gasteiger charge is -2.09. The number of hydrogen-bond donors (Lipinski definition) is 2. The molecule has 0 radical (unpaired) electrons. The normalized spacial score (nSPS) is 10.7. The first-order valence-electron chi connectivity index (χ1n) is 7.56. The fourth-order valence-electron chi connectivity index (χ4n) is 2.48. The van der Waals surface area contributed by atoms with E-state index in [1.54, 1.807) is 30.3 Å². The summed E-state index contributed by atoms with van der Waals surface area (Å²) in [6.45, 7) is 2.33. The van der Waals surface area contributed by atoms with E-state index >= 15 is 0 Å². The molecule has 1 aromatic heterocycles. The quantitative estimate of drug-likeness (QED) is 0.584. The van der Waals surface area contributed by atoms with Crippen molar-refractivity contribution in [1.29, 1.82) is 0 Å². The summed E-state index contributed by atoms with van der Waals surface area (Å²) in [7, 11) is 0. The highest BCUT2D eigenvalue weighted by Gasteiger charge is 2.10. The Balaban J connectivity index is 1.73. The van der Waals surface area contributed by atoms with Crippen molar-refractivity contribution in [1.82, 2.24) is 0 Å². The van der Waals surface area contributed by atoms with Crippen molar-refractivity contribution < 1.29 is 14.3 Å². The number of hydrogen-bond acceptors (Lipinski definition) is 3. The number of rotatable bonds is 5. The molecule has 0 amide bonds. The summed E-state index contributed by atoms with van der Waals surface area (Å²) in [5, 5.41) is 13.3. The third-order valence-electron chi connectivity index (χ3n) is 3.78. The molecule has 0 aliphatic carbocycles. The van der Waals surface area contributed by atoms with E-state index in [0.29, 0.717) is 22.4 Å². The number of benzene rings is 2. The molecule has 1 heterocycles. The Morgan fingerprint density at radius 2 is 1.92 bits per heavy atom. The Kier molecular flexibility index (Phi) is 5.02. The largest absolute Gasteiger partial charge is 0.478 e. The van der Waals surface area contributed by atoms with Gasteiger partial charge in [-0.1, -0.05) is 23.2 Å². The van der Waals surface area contributed by atoms with Gasteiger partial charge in [-0.25, -0.2) is 4.79 Å². The maximum Gasteiger partial charge on any atom is 0.335 e. The smallest absolute Gasteiger partial charge is 0.335 e. The van der Waals surface area contributed by atoms with Gasteiger partial charge >= 0.3 is 5.97 Å². The summed E-state index contributed by atoms with van der Waals surface area (Å²) < 4.78 is 5.83. The second kappa shape index (κ2) is 7.21. The van der Waals surface area contributed by atoms with Crippen molar-refractivity contribution >= 4 is 34.9 Å². The Hall–Kier alpha value is -2.43. The predicted octanol–water partition coefficient (Wildman–Crippen LogP) is 5.87. The molecule has 25 heavy (non-hydrogen) atoms. The molecule has 0 unspecified atom stereocenters. The molecule has 0 spiro atoms. The van der Waals surface area contributed by atoms with E-state index in [0.717, 1.165) is 22.6 Å².